The molecule has 0 bridgehead atoms. The molecule has 92 valence electrons. The number of rotatable bonds is 5. The molecule has 1 unspecified atom stereocenters. The number of amides is 1. The van der Waals surface area contributed by atoms with Crippen LogP contribution >= 0.6 is 27.5 Å². The maximum Gasteiger partial charge on any atom is 0.224 e. The molecule has 1 aliphatic carbocycles. The van der Waals surface area contributed by atoms with Crippen molar-refractivity contribution in [1.29, 1.82) is 0 Å². The molecule has 0 radical (unpaired) electrons. The zero-order chi connectivity index (χ0) is 12.3. The minimum Gasteiger partial charge on any atom is -0.355 e. The van der Waals surface area contributed by atoms with Crippen LogP contribution in [0.1, 0.15) is 18.4 Å². The van der Waals surface area contributed by atoms with Crippen LogP contribution in [0.4, 0.5) is 0 Å². The molecule has 1 aromatic carbocycles. The monoisotopic (exact) mass is 315 g/mol. The molecule has 2 rings (SSSR count). The summed E-state index contributed by atoms with van der Waals surface area (Å²) in [7, 11) is 0. The van der Waals surface area contributed by atoms with Crippen molar-refractivity contribution in [2.45, 2.75) is 24.1 Å². The molecular weight excluding hydrogens is 302 g/mol. The van der Waals surface area contributed by atoms with Crippen molar-refractivity contribution < 1.29 is 4.79 Å². The van der Waals surface area contributed by atoms with Gasteiger partial charge in [-0.25, -0.2) is 0 Å². The highest BCUT2D eigenvalue weighted by Gasteiger charge is 2.29. The fourth-order valence-electron chi connectivity index (χ4n) is 1.69. The molecule has 1 aliphatic rings. The first kappa shape index (κ1) is 12.9. The number of carbonyl (C=O) groups excluding carboxylic acids is 1. The highest BCUT2D eigenvalue weighted by Crippen LogP contribution is 2.36. The quantitative estimate of drug-likeness (QED) is 0.831. The number of nitrogens with one attached hydrogen (secondary N) is 1. The number of benzene rings is 1. The SMILES string of the molecule is O=C(Cc1ccc(Cl)cc1)NCC(Br)C1CC1. The van der Waals surface area contributed by atoms with Crippen molar-refractivity contribution in [2.75, 3.05) is 6.54 Å². The van der Waals surface area contributed by atoms with Gasteiger partial charge in [0, 0.05) is 16.4 Å². The highest BCUT2D eigenvalue weighted by atomic mass is 79.9. The summed E-state index contributed by atoms with van der Waals surface area (Å²) in [6.07, 6.45) is 2.98. The molecule has 17 heavy (non-hydrogen) atoms. The standard InChI is InChI=1S/C13H15BrClNO/c14-12(10-3-4-10)8-16-13(17)7-9-1-5-11(15)6-2-9/h1-2,5-6,10,12H,3-4,7-8H2,(H,16,17). The zero-order valence-corrected chi connectivity index (χ0v) is 11.8. The van der Waals surface area contributed by atoms with Crippen LogP contribution in [-0.2, 0) is 11.2 Å². The molecule has 0 heterocycles. The number of halogens is 2. The molecule has 0 aromatic heterocycles. The van der Waals surface area contributed by atoms with Gasteiger partial charge in [0.1, 0.15) is 0 Å². The first-order valence-electron chi connectivity index (χ1n) is 5.80. The first-order chi connectivity index (χ1) is 8.15. The summed E-state index contributed by atoms with van der Waals surface area (Å²) in [6.45, 7) is 0.719. The molecule has 1 saturated carbocycles. The van der Waals surface area contributed by atoms with Gasteiger partial charge < -0.3 is 5.32 Å². The van der Waals surface area contributed by atoms with E-state index in [4.69, 9.17) is 11.6 Å². The summed E-state index contributed by atoms with van der Waals surface area (Å²) >= 11 is 9.38. The van der Waals surface area contributed by atoms with Crippen LogP contribution in [0.2, 0.25) is 5.02 Å². The third kappa shape index (κ3) is 4.32. The molecule has 0 spiro atoms. The van der Waals surface area contributed by atoms with Crippen LogP contribution in [-0.4, -0.2) is 17.3 Å². The highest BCUT2D eigenvalue weighted by molar-refractivity contribution is 9.09. The minimum atomic E-state index is 0.0671. The Balaban J connectivity index is 1.74. The second-order valence-corrected chi connectivity index (χ2v) is 6.07. The van der Waals surface area contributed by atoms with Crippen LogP contribution in [0.5, 0.6) is 0 Å². The second kappa shape index (κ2) is 5.87. The van der Waals surface area contributed by atoms with Gasteiger partial charge in [-0.15, -0.1) is 0 Å². The maximum absolute atomic E-state index is 11.7. The van der Waals surface area contributed by atoms with Crippen molar-refractivity contribution in [1.82, 2.24) is 5.32 Å². The van der Waals surface area contributed by atoms with Gasteiger partial charge in [0.05, 0.1) is 6.42 Å². The third-order valence-electron chi connectivity index (χ3n) is 2.91. The Morgan fingerprint density at radius 1 is 1.41 bits per heavy atom. The molecule has 1 atom stereocenters. The molecule has 2 nitrogen and oxygen atoms in total. The molecule has 0 saturated heterocycles. The van der Waals surface area contributed by atoms with Crippen LogP contribution in [0.3, 0.4) is 0 Å². The molecule has 1 N–H and O–H groups in total. The Morgan fingerprint density at radius 2 is 2.06 bits per heavy atom. The lowest BCUT2D eigenvalue weighted by atomic mass is 10.1. The number of hydrogen-bond acceptors (Lipinski definition) is 1. The first-order valence-corrected chi connectivity index (χ1v) is 7.10. The minimum absolute atomic E-state index is 0.0671. The van der Waals surface area contributed by atoms with Crippen molar-refractivity contribution >= 4 is 33.4 Å². The third-order valence-corrected chi connectivity index (χ3v) is 4.23. The molecule has 0 aliphatic heterocycles. The van der Waals surface area contributed by atoms with E-state index in [1.807, 2.05) is 24.3 Å². The maximum atomic E-state index is 11.7. The van der Waals surface area contributed by atoms with Gasteiger partial charge in [0.2, 0.25) is 5.91 Å². The lowest BCUT2D eigenvalue weighted by Gasteiger charge is -2.10. The normalized spacial score (nSPS) is 16.6. The summed E-state index contributed by atoms with van der Waals surface area (Å²) < 4.78 is 0. The van der Waals surface area contributed by atoms with E-state index < -0.39 is 0 Å². The second-order valence-electron chi connectivity index (χ2n) is 4.46. The van der Waals surface area contributed by atoms with Gasteiger partial charge in [0.15, 0.2) is 0 Å². The Kier molecular flexibility index (Phi) is 4.46. The molecule has 4 heteroatoms. The van der Waals surface area contributed by atoms with E-state index in [0.717, 1.165) is 18.0 Å². The lowest BCUT2D eigenvalue weighted by molar-refractivity contribution is -0.120. The zero-order valence-electron chi connectivity index (χ0n) is 9.46. The Morgan fingerprint density at radius 3 is 2.65 bits per heavy atom. The van der Waals surface area contributed by atoms with Gasteiger partial charge >= 0.3 is 0 Å². The van der Waals surface area contributed by atoms with Crippen LogP contribution < -0.4 is 5.32 Å². The van der Waals surface area contributed by atoms with Gasteiger partial charge in [0.25, 0.3) is 0 Å². The van der Waals surface area contributed by atoms with E-state index in [2.05, 4.69) is 21.2 Å². The average Bonchev–Trinajstić information content (AvgIpc) is 3.13. The van der Waals surface area contributed by atoms with Gasteiger partial charge in [-0.2, -0.15) is 0 Å². The summed E-state index contributed by atoms with van der Waals surface area (Å²) in [5.74, 6) is 0.822. The Labute approximate surface area is 115 Å². The number of hydrogen-bond donors (Lipinski definition) is 1. The van der Waals surface area contributed by atoms with Gasteiger partial charge in [-0.1, -0.05) is 39.7 Å². The smallest absolute Gasteiger partial charge is 0.224 e. The Hall–Kier alpha value is -0.540. The topological polar surface area (TPSA) is 29.1 Å². The summed E-state index contributed by atoms with van der Waals surface area (Å²) in [4.78, 5) is 12.1. The van der Waals surface area contributed by atoms with Gasteiger partial charge in [-0.05, 0) is 36.5 Å². The van der Waals surface area contributed by atoms with E-state index in [-0.39, 0.29) is 5.91 Å². The van der Waals surface area contributed by atoms with E-state index in [9.17, 15) is 4.79 Å². The predicted molar refractivity (Wildman–Crippen MR) is 73.6 cm³/mol. The molecule has 1 fully saturated rings. The fraction of sp³-hybridized carbons (Fsp3) is 0.462. The summed E-state index contributed by atoms with van der Waals surface area (Å²) in [5, 5.41) is 3.65. The predicted octanol–water partition coefficient (Wildman–Crippen LogP) is 3.17. The lowest BCUT2D eigenvalue weighted by Crippen LogP contribution is -2.31. The molecular formula is C13H15BrClNO. The number of carbonyl (C=O) groups is 1. The Bertz CT molecular complexity index is 389. The van der Waals surface area contributed by atoms with Crippen LogP contribution in [0.25, 0.3) is 0 Å². The number of alkyl halides is 1. The fourth-order valence-corrected chi connectivity index (χ4v) is 2.50. The van der Waals surface area contributed by atoms with E-state index >= 15 is 0 Å². The van der Waals surface area contributed by atoms with Gasteiger partial charge in [-0.3, -0.25) is 4.79 Å². The van der Waals surface area contributed by atoms with Crippen molar-refractivity contribution in [2.24, 2.45) is 5.92 Å². The largest absolute Gasteiger partial charge is 0.355 e. The van der Waals surface area contributed by atoms with Crippen molar-refractivity contribution in [3.63, 3.8) is 0 Å². The summed E-state index contributed by atoms with van der Waals surface area (Å²) in [6, 6.07) is 7.38. The summed E-state index contributed by atoms with van der Waals surface area (Å²) in [5.41, 5.74) is 0.990. The molecule has 1 amide bonds. The molecule has 1 aromatic rings. The van der Waals surface area contributed by atoms with Crippen molar-refractivity contribution in [3.05, 3.63) is 34.9 Å². The van der Waals surface area contributed by atoms with E-state index in [1.165, 1.54) is 12.8 Å². The van der Waals surface area contributed by atoms with Crippen molar-refractivity contribution in [3.8, 4) is 0 Å². The van der Waals surface area contributed by atoms with Crippen LogP contribution in [0, 0.1) is 5.92 Å². The van der Waals surface area contributed by atoms with Crippen LogP contribution in [0.15, 0.2) is 24.3 Å². The average molecular weight is 317 g/mol. The van der Waals surface area contributed by atoms with E-state index in [1.54, 1.807) is 0 Å². The van der Waals surface area contributed by atoms with E-state index in [0.29, 0.717) is 16.3 Å².